The van der Waals surface area contributed by atoms with Gasteiger partial charge in [0.05, 0.1) is 7.18 Å². The maximum Gasteiger partial charge on any atom is 1.00 e. The number of alkyl halides is 1. The number of carbonyl (C=O) groups excluding carboxylic acids is 1. The van der Waals surface area contributed by atoms with E-state index < -0.39 is 0 Å². The van der Waals surface area contributed by atoms with Crippen LogP contribution in [0.25, 0.3) is 5.32 Å². The van der Waals surface area contributed by atoms with E-state index in [1.165, 1.54) is 4.90 Å². The molecule has 2 rings (SSSR count). The first-order valence-electron chi connectivity index (χ1n) is 4.99. The van der Waals surface area contributed by atoms with Crippen LogP contribution in [0.3, 0.4) is 0 Å². The van der Waals surface area contributed by atoms with Gasteiger partial charge in [0.2, 0.25) is 0 Å². The Morgan fingerprint density at radius 2 is 2.12 bits per heavy atom. The SMILES string of the molecule is CF.CN(C)C(=O)c1n[nH]c2c1C[N-]CC2.[K+]. The topological polar surface area (TPSA) is 63.1 Å². The molecule has 0 spiro atoms. The van der Waals surface area contributed by atoms with Crippen LogP contribution < -0.4 is 51.4 Å². The van der Waals surface area contributed by atoms with Crippen LogP contribution in [0.4, 0.5) is 4.39 Å². The monoisotopic (exact) mass is 266 g/mol. The van der Waals surface area contributed by atoms with Gasteiger partial charge in [-0.25, -0.2) is 0 Å². The molecule has 0 aliphatic carbocycles. The number of carbonyl (C=O) groups is 1. The van der Waals surface area contributed by atoms with Gasteiger partial charge in [0.25, 0.3) is 5.91 Å². The average molecular weight is 266 g/mol. The van der Waals surface area contributed by atoms with Crippen molar-refractivity contribution in [2.45, 2.75) is 13.0 Å². The molecule has 0 atom stereocenters. The second-order valence-electron chi connectivity index (χ2n) is 3.58. The fraction of sp³-hybridized carbons (Fsp3) is 0.600. The molecule has 1 aliphatic rings. The van der Waals surface area contributed by atoms with Crippen molar-refractivity contribution in [1.29, 1.82) is 0 Å². The van der Waals surface area contributed by atoms with Gasteiger partial charge in [0, 0.05) is 19.8 Å². The normalized spacial score (nSPS) is 12.7. The molecule has 1 amide bonds. The minimum atomic E-state index is -0.0559. The minimum absolute atomic E-state index is 0. The number of halogens is 1. The van der Waals surface area contributed by atoms with Crippen molar-refractivity contribution in [2.75, 3.05) is 27.8 Å². The standard InChI is InChI=1S/C9H13N4O.CH3F.K/c1-13(2)9(14)8-6-5-10-4-3-7(6)11-12-8;1-2;/h3-5H2,1-2H3,(H,11,12);1H3;/q-1;;+1. The molecular weight excluding hydrogens is 250 g/mol. The van der Waals surface area contributed by atoms with Gasteiger partial charge in [0.15, 0.2) is 5.69 Å². The van der Waals surface area contributed by atoms with Crippen LogP contribution in [0.1, 0.15) is 21.7 Å². The summed E-state index contributed by atoms with van der Waals surface area (Å²) in [6.07, 6.45) is 0.864. The Kier molecular flexibility index (Phi) is 8.43. The van der Waals surface area contributed by atoms with Crippen molar-refractivity contribution in [2.24, 2.45) is 0 Å². The van der Waals surface area contributed by atoms with Gasteiger partial charge < -0.3 is 10.2 Å². The molecule has 5 nitrogen and oxygen atoms in total. The quantitative estimate of drug-likeness (QED) is 0.605. The van der Waals surface area contributed by atoms with E-state index in [9.17, 15) is 9.18 Å². The summed E-state index contributed by atoms with van der Waals surface area (Å²) in [7, 11) is 3.95. The van der Waals surface area contributed by atoms with E-state index in [0.717, 1.165) is 24.2 Å². The first kappa shape index (κ1) is 17.2. The van der Waals surface area contributed by atoms with Gasteiger partial charge in [-0.15, -0.1) is 13.1 Å². The number of H-pyrrole nitrogens is 1. The van der Waals surface area contributed by atoms with Crippen LogP contribution in [-0.2, 0) is 13.0 Å². The average Bonchev–Trinajstić information content (AvgIpc) is 2.74. The van der Waals surface area contributed by atoms with Gasteiger partial charge in [-0.3, -0.25) is 14.3 Å². The Labute approximate surface area is 143 Å². The number of fused-ring (bicyclic) bond motifs is 1. The van der Waals surface area contributed by atoms with Crippen molar-refractivity contribution >= 4 is 5.91 Å². The summed E-state index contributed by atoms with van der Waals surface area (Å²) in [6.45, 7) is 1.44. The molecule has 0 unspecified atom stereocenters. The third-order valence-corrected chi connectivity index (χ3v) is 2.35. The Morgan fingerprint density at radius 1 is 1.47 bits per heavy atom. The zero-order chi connectivity index (χ0) is 12.1. The number of nitrogens with one attached hydrogen (secondary N) is 1. The van der Waals surface area contributed by atoms with E-state index in [1.54, 1.807) is 14.1 Å². The molecular formula is C10H16FKN4O. The molecule has 1 aromatic heterocycles. The van der Waals surface area contributed by atoms with Crippen LogP contribution in [0.2, 0.25) is 0 Å². The second kappa shape index (κ2) is 8.33. The number of hydrogen-bond acceptors (Lipinski definition) is 2. The number of nitrogens with zero attached hydrogens (tertiary/aromatic N) is 3. The maximum atomic E-state index is 11.7. The van der Waals surface area contributed by atoms with Gasteiger partial charge in [-0.1, -0.05) is 0 Å². The van der Waals surface area contributed by atoms with E-state index in [0.29, 0.717) is 19.4 Å². The van der Waals surface area contributed by atoms with Gasteiger partial charge in [0.1, 0.15) is 0 Å². The second-order valence-corrected chi connectivity index (χ2v) is 3.58. The number of aromatic amines is 1. The smallest absolute Gasteiger partial charge is 0.658 e. The van der Waals surface area contributed by atoms with Crippen molar-refractivity contribution in [1.82, 2.24) is 15.1 Å². The number of rotatable bonds is 1. The first-order chi connectivity index (χ1) is 7.70. The van der Waals surface area contributed by atoms with Crippen LogP contribution in [0.15, 0.2) is 0 Å². The molecule has 17 heavy (non-hydrogen) atoms. The Balaban J connectivity index is 0.000000811. The van der Waals surface area contributed by atoms with E-state index >= 15 is 0 Å². The fourth-order valence-electron chi connectivity index (χ4n) is 1.55. The van der Waals surface area contributed by atoms with Crippen LogP contribution in [0.5, 0.6) is 0 Å². The summed E-state index contributed by atoms with van der Waals surface area (Å²) >= 11 is 0. The molecule has 1 aliphatic heterocycles. The molecule has 0 aromatic carbocycles. The first-order valence-corrected chi connectivity index (χ1v) is 4.99. The summed E-state index contributed by atoms with van der Waals surface area (Å²) in [5.74, 6) is -0.0559. The molecule has 0 radical (unpaired) electrons. The van der Waals surface area contributed by atoms with Crippen LogP contribution in [-0.4, -0.2) is 48.8 Å². The summed E-state index contributed by atoms with van der Waals surface area (Å²) in [5, 5.41) is 11.2. The largest absolute Gasteiger partial charge is 1.00 e. The van der Waals surface area contributed by atoms with Crippen molar-refractivity contribution in [3.8, 4) is 0 Å². The minimum Gasteiger partial charge on any atom is -0.658 e. The van der Waals surface area contributed by atoms with E-state index in [4.69, 9.17) is 0 Å². The molecule has 0 bridgehead atoms. The summed E-state index contributed by atoms with van der Waals surface area (Å²) in [5.41, 5.74) is 2.55. The molecule has 0 saturated heterocycles. The summed E-state index contributed by atoms with van der Waals surface area (Å²) in [6, 6.07) is 0. The van der Waals surface area contributed by atoms with Crippen molar-refractivity contribution in [3.05, 3.63) is 22.3 Å². The number of aromatic nitrogens is 2. The summed E-state index contributed by atoms with van der Waals surface area (Å²) < 4.78 is 9.50. The number of amides is 1. The van der Waals surface area contributed by atoms with E-state index in [1.807, 2.05) is 0 Å². The van der Waals surface area contributed by atoms with Crippen LogP contribution in [0, 0.1) is 0 Å². The Bertz CT molecular complexity index is 367. The Hall–Kier alpha value is 0.206. The van der Waals surface area contributed by atoms with Gasteiger partial charge in [-0.05, 0) is 12.0 Å². The van der Waals surface area contributed by atoms with Crippen LogP contribution >= 0.6 is 0 Å². The molecule has 90 valence electrons. The third-order valence-electron chi connectivity index (χ3n) is 2.35. The third kappa shape index (κ3) is 4.11. The summed E-state index contributed by atoms with van der Waals surface area (Å²) in [4.78, 5) is 13.2. The molecule has 1 N–H and O–H groups in total. The molecule has 0 saturated carbocycles. The number of hydrogen-bond donors (Lipinski definition) is 1. The van der Waals surface area contributed by atoms with Gasteiger partial charge in [-0.2, -0.15) is 5.10 Å². The molecule has 2 heterocycles. The maximum absolute atomic E-state index is 11.7. The molecule has 0 fully saturated rings. The van der Waals surface area contributed by atoms with Crippen molar-refractivity contribution < 1.29 is 60.6 Å². The zero-order valence-electron chi connectivity index (χ0n) is 10.7. The van der Waals surface area contributed by atoms with Gasteiger partial charge >= 0.3 is 51.4 Å². The zero-order valence-corrected chi connectivity index (χ0v) is 13.9. The predicted octanol–water partition coefficient (Wildman–Crippen LogP) is -1.87. The molecule has 7 heteroatoms. The predicted molar refractivity (Wildman–Crippen MR) is 59.3 cm³/mol. The van der Waals surface area contributed by atoms with Crippen molar-refractivity contribution in [3.63, 3.8) is 0 Å². The van der Waals surface area contributed by atoms with E-state index in [-0.39, 0.29) is 57.3 Å². The fourth-order valence-corrected chi connectivity index (χ4v) is 1.55. The Morgan fingerprint density at radius 3 is 2.71 bits per heavy atom. The molecule has 1 aromatic rings. The van der Waals surface area contributed by atoms with E-state index in [2.05, 4.69) is 15.5 Å².